The van der Waals surface area contributed by atoms with Crippen LogP contribution in [0.3, 0.4) is 0 Å². The van der Waals surface area contributed by atoms with E-state index < -0.39 is 27.1 Å². The van der Waals surface area contributed by atoms with E-state index in [-0.39, 0.29) is 21.7 Å². The Balaban J connectivity index is 1.39. The van der Waals surface area contributed by atoms with Gasteiger partial charge in [-0.2, -0.15) is 0 Å². The number of amides is 2. The monoisotopic (exact) mass is 718 g/mol. The van der Waals surface area contributed by atoms with Crippen molar-refractivity contribution in [3.63, 3.8) is 0 Å². The third-order valence-electron chi connectivity index (χ3n) is 7.65. The van der Waals surface area contributed by atoms with Crippen LogP contribution in [0.5, 0.6) is 23.0 Å². The molecule has 4 N–H and O–H groups in total. The Morgan fingerprint density at radius 3 is 2.22 bits per heavy atom. The van der Waals surface area contributed by atoms with E-state index in [4.69, 9.17) is 14.2 Å². The number of anilines is 3. The van der Waals surface area contributed by atoms with E-state index in [0.717, 1.165) is 28.2 Å². The van der Waals surface area contributed by atoms with Crippen molar-refractivity contribution < 1.29 is 36.2 Å². The van der Waals surface area contributed by atoms with Crippen molar-refractivity contribution in [2.75, 3.05) is 35.8 Å². The fourth-order valence-electron chi connectivity index (χ4n) is 5.31. The molecule has 0 radical (unpaired) electrons. The summed E-state index contributed by atoms with van der Waals surface area (Å²) in [5, 5.41) is 7.19. The maximum atomic E-state index is 13.4. The molecule has 12 nitrogen and oxygen atoms in total. The zero-order valence-corrected chi connectivity index (χ0v) is 30.0. The molecule has 0 spiro atoms. The highest BCUT2D eigenvalue weighted by molar-refractivity contribution is 7.92. The standard InChI is InChI=1S/C36H38N4O8S2/c1-36(2,3)23-19-29(34(47-5)30(20-23)40-50(6,44)45)39-35(41)38-28-12-13-31(27-10-8-7-9-26(27)28)48-25-15-16-37-24(21-25)17-22-11-14-33(49(42)43)32(18-22)46-4/h7-16,18-21,40H,17H2,1-6H3,(H,42,43)(H2,38,39,41). The first-order valence-corrected chi connectivity index (χ1v) is 18.4. The molecule has 5 aromatic rings. The number of sulfonamides is 1. The van der Waals surface area contributed by atoms with Crippen LogP contribution in [0, 0.1) is 0 Å². The van der Waals surface area contributed by atoms with Gasteiger partial charge >= 0.3 is 6.03 Å². The Hall–Kier alpha value is -5.18. The van der Waals surface area contributed by atoms with E-state index in [1.165, 1.54) is 14.2 Å². The number of pyridine rings is 1. The number of benzene rings is 4. The fourth-order valence-corrected chi connectivity index (χ4v) is 6.36. The number of carbonyl (C=O) groups excluding carboxylic acids is 1. The number of nitrogens with one attached hydrogen (secondary N) is 3. The zero-order chi connectivity index (χ0) is 36.2. The van der Waals surface area contributed by atoms with Crippen LogP contribution in [-0.2, 0) is 32.9 Å². The number of urea groups is 1. The predicted octanol–water partition coefficient (Wildman–Crippen LogP) is 7.53. The number of hydrogen-bond donors (Lipinski definition) is 4. The summed E-state index contributed by atoms with van der Waals surface area (Å²) in [4.78, 5) is 18.1. The van der Waals surface area contributed by atoms with Gasteiger partial charge in [0.1, 0.15) is 22.1 Å². The highest BCUT2D eigenvalue weighted by Crippen LogP contribution is 2.40. The molecule has 262 valence electrons. The molecule has 0 aliphatic carbocycles. The minimum absolute atomic E-state index is 0.168. The van der Waals surface area contributed by atoms with Gasteiger partial charge in [-0.25, -0.2) is 17.4 Å². The second kappa shape index (κ2) is 14.7. The number of fused-ring (bicyclic) bond motifs is 1. The van der Waals surface area contributed by atoms with E-state index in [0.29, 0.717) is 40.7 Å². The molecule has 0 fully saturated rings. The molecule has 0 aliphatic heterocycles. The Morgan fingerprint density at radius 2 is 1.56 bits per heavy atom. The van der Waals surface area contributed by atoms with Crippen molar-refractivity contribution in [3.8, 4) is 23.0 Å². The van der Waals surface area contributed by atoms with Gasteiger partial charge in [0.05, 0.1) is 37.5 Å². The van der Waals surface area contributed by atoms with Gasteiger partial charge in [0, 0.05) is 35.2 Å². The summed E-state index contributed by atoms with van der Waals surface area (Å²) in [6.45, 7) is 5.93. The molecule has 5 rings (SSSR count). The number of carbonyl (C=O) groups is 1. The van der Waals surface area contributed by atoms with Crippen molar-refractivity contribution in [2.45, 2.75) is 37.5 Å². The third kappa shape index (κ3) is 8.69. The Morgan fingerprint density at radius 1 is 0.860 bits per heavy atom. The average molecular weight is 719 g/mol. The quantitative estimate of drug-likeness (QED) is 0.101. The van der Waals surface area contributed by atoms with Gasteiger partial charge in [-0.05, 0) is 59.0 Å². The van der Waals surface area contributed by atoms with E-state index >= 15 is 0 Å². The van der Waals surface area contributed by atoms with E-state index in [1.54, 1.807) is 54.7 Å². The molecule has 50 heavy (non-hydrogen) atoms. The average Bonchev–Trinajstić information content (AvgIpc) is 3.04. The molecule has 14 heteroatoms. The van der Waals surface area contributed by atoms with Crippen LogP contribution in [0.25, 0.3) is 10.8 Å². The highest BCUT2D eigenvalue weighted by Gasteiger charge is 2.22. The second-order valence-corrected chi connectivity index (χ2v) is 15.1. The lowest BCUT2D eigenvalue weighted by Gasteiger charge is -2.24. The first-order chi connectivity index (χ1) is 23.6. The van der Waals surface area contributed by atoms with E-state index in [9.17, 15) is 22.0 Å². The SMILES string of the molecule is COc1cc(Cc2cc(Oc3ccc(NC(=O)Nc4cc(C(C)(C)C)cc(NS(C)(=O)=O)c4OC)c4ccccc34)ccn2)ccc1S(=O)O. The van der Waals surface area contributed by atoms with E-state index in [1.807, 2.05) is 51.1 Å². The van der Waals surface area contributed by atoms with Gasteiger partial charge < -0.3 is 29.4 Å². The molecule has 2 amide bonds. The van der Waals surface area contributed by atoms with Gasteiger partial charge in [-0.1, -0.05) is 51.1 Å². The number of hydrogen-bond acceptors (Lipinski definition) is 8. The molecule has 1 heterocycles. The number of aromatic nitrogens is 1. The summed E-state index contributed by atoms with van der Waals surface area (Å²) < 4.78 is 64.9. The minimum atomic E-state index is -3.64. The Kier molecular flexibility index (Phi) is 10.6. The van der Waals surface area contributed by atoms with Gasteiger partial charge in [-0.3, -0.25) is 9.71 Å². The van der Waals surface area contributed by atoms with E-state index in [2.05, 4.69) is 20.3 Å². The molecule has 0 bridgehead atoms. The Bertz CT molecular complexity index is 2200. The van der Waals surface area contributed by atoms with Crippen molar-refractivity contribution in [1.82, 2.24) is 4.98 Å². The molecule has 0 saturated heterocycles. The van der Waals surface area contributed by atoms with Crippen LogP contribution in [0.2, 0.25) is 0 Å². The minimum Gasteiger partial charge on any atom is -0.495 e. The summed E-state index contributed by atoms with van der Waals surface area (Å²) in [5.74, 6) is 1.58. The van der Waals surface area contributed by atoms with Gasteiger partial charge in [0.25, 0.3) is 0 Å². The first-order valence-electron chi connectivity index (χ1n) is 15.4. The second-order valence-electron chi connectivity index (χ2n) is 12.5. The molecule has 1 atom stereocenters. The van der Waals surface area contributed by atoms with Crippen LogP contribution >= 0.6 is 0 Å². The third-order valence-corrected chi connectivity index (χ3v) is 8.96. The fraction of sp³-hybridized carbons (Fsp3) is 0.222. The lowest BCUT2D eigenvalue weighted by Crippen LogP contribution is -2.22. The molecule has 1 unspecified atom stereocenters. The van der Waals surface area contributed by atoms with Crippen LogP contribution in [0.1, 0.15) is 37.6 Å². The topological polar surface area (TPSA) is 165 Å². The number of rotatable bonds is 11. The van der Waals surface area contributed by atoms with Crippen molar-refractivity contribution >= 4 is 55.0 Å². The maximum absolute atomic E-state index is 13.4. The van der Waals surface area contributed by atoms with Crippen LogP contribution in [-0.4, -0.2) is 48.7 Å². The van der Waals surface area contributed by atoms with Gasteiger partial charge in [0.2, 0.25) is 10.0 Å². The molecule has 4 aromatic carbocycles. The molecule has 0 aliphatic rings. The lowest BCUT2D eigenvalue weighted by molar-refractivity contribution is 0.262. The smallest absolute Gasteiger partial charge is 0.323 e. The summed E-state index contributed by atoms with van der Waals surface area (Å²) in [6, 6.07) is 22.4. The zero-order valence-electron chi connectivity index (χ0n) is 28.4. The van der Waals surface area contributed by atoms with Crippen molar-refractivity contribution in [3.05, 3.63) is 102 Å². The number of nitrogens with zero attached hydrogens (tertiary/aromatic N) is 1. The largest absolute Gasteiger partial charge is 0.495 e. The number of ether oxygens (including phenoxy) is 3. The normalized spacial score (nSPS) is 12.2. The summed E-state index contributed by atoms with van der Waals surface area (Å²) in [6.07, 6.45) is 3.12. The molecular formula is C36H38N4O8S2. The van der Waals surface area contributed by atoms with Crippen molar-refractivity contribution in [2.24, 2.45) is 0 Å². The maximum Gasteiger partial charge on any atom is 0.323 e. The highest BCUT2D eigenvalue weighted by atomic mass is 32.2. The lowest BCUT2D eigenvalue weighted by atomic mass is 9.86. The predicted molar refractivity (Wildman–Crippen MR) is 196 cm³/mol. The Labute approximate surface area is 293 Å². The van der Waals surface area contributed by atoms with Crippen molar-refractivity contribution in [1.29, 1.82) is 0 Å². The molecule has 0 saturated carbocycles. The number of methoxy groups -OCH3 is 2. The summed E-state index contributed by atoms with van der Waals surface area (Å²) >= 11 is -2.17. The summed E-state index contributed by atoms with van der Waals surface area (Å²) in [5.41, 5.74) is 2.98. The van der Waals surface area contributed by atoms with Crippen LogP contribution < -0.4 is 29.6 Å². The van der Waals surface area contributed by atoms with Gasteiger partial charge in [0.15, 0.2) is 16.8 Å². The van der Waals surface area contributed by atoms with Crippen LogP contribution in [0.15, 0.2) is 90.0 Å². The summed E-state index contributed by atoms with van der Waals surface area (Å²) in [7, 11) is -0.792. The first kappa shape index (κ1) is 36.1. The molecule has 1 aromatic heterocycles. The van der Waals surface area contributed by atoms with Crippen LogP contribution in [0.4, 0.5) is 21.9 Å². The van der Waals surface area contributed by atoms with Gasteiger partial charge in [-0.15, -0.1) is 0 Å². The molecular weight excluding hydrogens is 681 g/mol.